The van der Waals surface area contributed by atoms with Gasteiger partial charge in [0.2, 0.25) is 0 Å². The van der Waals surface area contributed by atoms with E-state index in [4.69, 9.17) is 4.74 Å². The minimum Gasteiger partial charge on any atom is -0.497 e. The van der Waals surface area contributed by atoms with Crippen molar-refractivity contribution in [3.05, 3.63) is 54.1 Å². The Morgan fingerprint density at radius 1 is 0.917 bits per heavy atom. The molecule has 0 bridgehead atoms. The fourth-order valence-electron chi connectivity index (χ4n) is 3.08. The zero-order valence-electron chi connectivity index (χ0n) is 14.0. The average Bonchev–Trinajstić information content (AvgIpc) is 2.64. The van der Waals surface area contributed by atoms with Gasteiger partial charge in [0, 0.05) is 23.0 Å². The van der Waals surface area contributed by atoms with E-state index in [2.05, 4.69) is 10.6 Å². The molecule has 2 N–H and O–H groups in total. The summed E-state index contributed by atoms with van der Waals surface area (Å²) in [4.78, 5) is 12.2. The second-order valence-corrected chi connectivity index (χ2v) is 6.24. The number of amides is 1. The van der Waals surface area contributed by atoms with Gasteiger partial charge in [-0.05, 0) is 61.4 Å². The van der Waals surface area contributed by atoms with Crippen LogP contribution in [0.25, 0.3) is 0 Å². The van der Waals surface area contributed by atoms with Crippen LogP contribution in [0.2, 0.25) is 0 Å². The second kappa shape index (κ2) is 7.86. The summed E-state index contributed by atoms with van der Waals surface area (Å²) in [5.74, 6) is 0.621. The van der Waals surface area contributed by atoms with Crippen molar-refractivity contribution in [2.45, 2.75) is 38.1 Å². The number of ether oxygens (including phenoxy) is 1. The Morgan fingerprint density at radius 2 is 1.54 bits per heavy atom. The highest BCUT2D eigenvalue weighted by Gasteiger charge is 2.13. The predicted molar refractivity (Wildman–Crippen MR) is 97.9 cm³/mol. The average molecular weight is 324 g/mol. The van der Waals surface area contributed by atoms with E-state index in [1.807, 2.05) is 24.3 Å². The van der Waals surface area contributed by atoms with Gasteiger partial charge in [0.15, 0.2) is 0 Å². The Kier molecular flexibility index (Phi) is 5.36. The number of nitrogens with one attached hydrogen (secondary N) is 2. The van der Waals surface area contributed by atoms with Crippen molar-refractivity contribution in [2.24, 2.45) is 0 Å². The number of carbonyl (C=O) groups excluding carboxylic acids is 1. The molecule has 0 radical (unpaired) electrons. The Morgan fingerprint density at radius 3 is 2.17 bits per heavy atom. The van der Waals surface area contributed by atoms with Crippen LogP contribution in [-0.4, -0.2) is 19.1 Å². The smallest absolute Gasteiger partial charge is 0.255 e. The molecule has 4 nitrogen and oxygen atoms in total. The molecule has 1 amide bonds. The van der Waals surface area contributed by atoms with E-state index in [0.29, 0.717) is 11.6 Å². The molecule has 4 heteroatoms. The first kappa shape index (κ1) is 16.4. The molecule has 1 fully saturated rings. The number of anilines is 2. The molecule has 0 unspecified atom stereocenters. The lowest BCUT2D eigenvalue weighted by Gasteiger charge is -2.23. The SMILES string of the molecule is COc1ccc(C(=O)Nc2ccc(NC3CCCCC3)cc2)cc1. The highest BCUT2D eigenvalue weighted by molar-refractivity contribution is 6.04. The van der Waals surface area contributed by atoms with Crippen LogP contribution in [0.1, 0.15) is 42.5 Å². The van der Waals surface area contributed by atoms with E-state index in [0.717, 1.165) is 17.1 Å². The number of methoxy groups -OCH3 is 1. The molecule has 0 aromatic heterocycles. The lowest BCUT2D eigenvalue weighted by Crippen LogP contribution is -2.22. The Balaban J connectivity index is 1.57. The van der Waals surface area contributed by atoms with Gasteiger partial charge in [0.05, 0.1) is 7.11 Å². The van der Waals surface area contributed by atoms with E-state index in [1.54, 1.807) is 31.4 Å². The van der Waals surface area contributed by atoms with E-state index in [9.17, 15) is 4.79 Å². The normalized spacial score (nSPS) is 14.9. The van der Waals surface area contributed by atoms with E-state index >= 15 is 0 Å². The summed E-state index contributed by atoms with van der Waals surface area (Å²) in [7, 11) is 1.61. The molecule has 1 aliphatic carbocycles. The van der Waals surface area contributed by atoms with Crippen LogP contribution >= 0.6 is 0 Å². The van der Waals surface area contributed by atoms with Crippen LogP contribution in [0.3, 0.4) is 0 Å². The quantitative estimate of drug-likeness (QED) is 0.838. The van der Waals surface area contributed by atoms with Crippen LogP contribution in [0.15, 0.2) is 48.5 Å². The first-order valence-electron chi connectivity index (χ1n) is 8.56. The fraction of sp³-hybridized carbons (Fsp3) is 0.350. The van der Waals surface area contributed by atoms with Crippen molar-refractivity contribution in [1.82, 2.24) is 0 Å². The fourth-order valence-corrected chi connectivity index (χ4v) is 3.08. The Labute approximate surface area is 143 Å². The number of hydrogen-bond acceptors (Lipinski definition) is 3. The molecule has 1 aliphatic rings. The number of hydrogen-bond donors (Lipinski definition) is 2. The van der Waals surface area contributed by atoms with Crippen molar-refractivity contribution in [3.8, 4) is 5.75 Å². The van der Waals surface area contributed by atoms with E-state index in [1.165, 1.54) is 32.1 Å². The maximum Gasteiger partial charge on any atom is 0.255 e. The molecular formula is C20H24N2O2. The monoisotopic (exact) mass is 324 g/mol. The molecule has 0 spiro atoms. The minimum atomic E-state index is -0.120. The van der Waals surface area contributed by atoms with Crippen LogP contribution < -0.4 is 15.4 Å². The molecule has 24 heavy (non-hydrogen) atoms. The Hall–Kier alpha value is -2.49. The van der Waals surface area contributed by atoms with Gasteiger partial charge in [-0.3, -0.25) is 4.79 Å². The van der Waals surface area contributed by atoms with Gasteiger partial charge in [-0.25, -0.2) is 0 Å². The summed E-state index contributed by atoms with van der Waals surface area (Å²) in [6.07, 6.45) is 6.47. The lowest BCUT2D eigenvalue weighted by molar-refractivity contribution is 0.102. The summed E-state index contributed by atoms with van der Waals surface area (Å²) in [5.41, 5.74) is 2.52. The van der Waals surface area contributed by atoms with Gasteiger partial charge >= 0.3 is 0 Å². The highest BCUT2D eigenvalue weighted by atomic mass is 16.5. The number of rotatable bonds is 5. The lowest BCUT2D eigenvalue weighted by atomic mass is 9.95. The topological polar surface area (TPSA) is 50.4 Å². The zero-order chi connectivity index (χ0) is 16.8. The zero-order valence-corrected chi connectivity index (χ0v) is 14.0. The number of benzene rings is 2. The summed E-state index contributed by atoms with van der Waals surface area (Å²) < 4.78 is 5.10. The van der Waals surface area contributed by atoms with Gasteiger partial charge in [-0.15, -0.1) is 0 Å². The maximum atomic E-state index is 12.2. The van der Waals surface area contributed by atoms with Gasteiger partial charge in [0.1, 0.15) is 5.75 Å². The summed E-state index contributed by atoms with van der Waals surface area (Å²) in [6, 6.07) is 15.6. The maximum absolute atomic E-state index is 12.2. The molecule has 3 rings (SSSR count). The standard InChI is InChI=1S/C20H24N2O2/c1-24-19-13-7-15(8-14-19)20(23)22-18-11-9-17(10-12-18)21-16-5-3-2-4-6-16/h7-14,16,21H,2-6H2,1H3,(H,22,23). The molecule has 0 aliphatic heterocycles. The molecule has 0 heterocycles. The molecule has 0 saturated heterocycles. The van der Waals surface area contributed by atoms with Gasteiger partial charge in [-0.2, -0.15) is 0 Å². The molecule has 0 atom stereocenters. The summed E-state index contributed by atoms with van der Waals surface area (Å²) in [5, 5.41) is 6.50. The van der Waals surface area contributed by atoms with Crippen LogP contribution in [0.5, 0.6) is 5.75 Å². The predicted octanol–water partition coefficient (Wildman–Crippen LogP) is 4.69. The van der Waals surface area contributed by atoms with Gasteiger partial charge in [-0.1, -0.05) is 19.3 Å². The molecule has 1 saturated carbocycles. The van der Waals surface area contributed by atoms with Crippen molar-refractivity contribution >= 4 is 17.3 Å². The third-order valence-corrected chi connectivity index (χ3v) is 4.47. The van der Waals surface area contributed by atoms with Crippen molar-refractivity contribution in [1.29, 1.82) is 0 Å². The van der Waals surface area contributed by atoms with E-state index in [-0.39, 0.29) is 5.91 Å². The molecule has 126 valence electrons. The summed E-state index contributed by atoms with van der Waals surface area (Å²) in [6.45, 7) is 0. The Bertz CT molecular complexity index is 659. The molecular weight excluding hydrogens is 300 g/mol. The van der Waals surface area contributed by atoms with Crippen molar-refractivity contribution in [3.63, 3.8) is 0 Å². The first-order chi connectivity index (χ1) is 11.7. The van der Waals surface area contributed by atoms with Crippen LogP contribution in [0, 0.1) is 0 Å². The van der Waals surface area contributed by atoms with Crippen LogP contribution in [0.4, 0.5) is 11.4 Å². The minimum absolute atomic E-state index is 0.120. The third-order valence-electron chi connectivity index (χ3n) is 4.47. The number of carbonyl (C=O) groups is 1. The highest BCUT2D eigenvalue weighted by Crippen LogP contribution is 2.23. The second-order valence-electron chi connectivity index (χ2n) is 6.24. The van der Waals surface area contributed by atoms with Gasteiger partial charge < -0.3 is 15.4 Å². The third kappa shape index (κ3) is 4.28. The van der Waals surface area contributed by atoms with E-state index < -0.39 is 0 Å². The van der Waals surface area contributed by atoms with Crippen molar-refractivity contribution < 1.29 is 9.53 Å². The van der Waals surface area contributed by atoms with Crippen molar-refractivity contribution in [2.75, 3.05) is 17.7 Å². The van der Waals surface area contributed by atoms with Crippen LogP contribution in [-0.2, 0) is 0 Å². The largest absolute Gasteiger partial charge is 0.497 e. The molecule has 2 aromatic rings. The molecule has 2 aromatic carbocycles. The van der Waals surface area contributed by atoms with Gasteiger partial charge in [0.25, 0.3) is 5.91 Å². The first-order valence-corrected chi connectivity index (χ1v) is 8.56. The summed E-state index contributed by atoms with van der Waals surface area (Å²) >= 11 is 0.